The highest BCUT2D eigenvalue weighted by Crippen LogP contribution is 2.31. The second-order valence-electron chi connectivity index (χ2n) is 9.81. The maximum atomic E-state index is 13.3. The van der Waals surface area contributed by atoms with Crippen molar-refractivity contribution in [1.29, 1.82) is 0 Å². The van der Waals surface area contributed by atoms with Gasteiger partial charge in [-0.1, -0.05) is 44.5 Å². The number of aromatic nitrogens is 2. The number of hydrogen-bond acceptors (Lipinski definition) is 3. The zero-order chi connectivity index (χ0) is 25.3. The third kappa shape index (κ3) is 5.49. The first-order valence-electron chi connectivity index (χ1n) is 11.5. The molecule has 3 aromatic carbocycles. The number of halogens is 2. The van der Waals surface area contributed by atoms with Crippen LogP contribution in [0.15, 0.2) is 66.9 Å². The van der Waals surface area contributed by atoms with Crippen LogP contribution in [0.3, 0.4) is 0 Å². The average Bonchev–Trinajstić information content (AvgIpc) is 3.22. The minimum Gasteiger partial charge on any atom is -0.484 e. The summed E-state index contributed by atoms with van der Waals surface area (Å²) < 4.78 is 21.6. The van der Waals surface area contributed by atoms with E-state index < -0.39 is 11.5 Å². The van der Waals surface area contributed by atoms with Crippen LogP contribution in [0, 0.1) is 18.2 Å². The van der Waals surface area contributed by atoms with Crippen molar-refractivity contribution in [2.24, 2.45) is 5.41 Å². The van der Waals surface area contributed by atoms with Crippen molar-refractivity contribution < 1.29 is 13.9 Å². The normalized spacial score (nSPS) is 13.5. The number of nitrogens with zero attached hydrogens (tertiary/aromatic N) is 2. The van der Waals surface area contributed by atoms with Gasteiger partial charge in [-0.3, -0.25) is 4.79 Å². The summed E-state index contributed by atoms with van der Waals surface area (Å²) >= 11 is 6.26. The molecule has 5 nitrogen and oxygen atoms in total. The largest absolute Gasteiger partial charge is 0.484 e. The van der Waals surface area contributed by atoms with Crippen LogP contribution in [-0.4, -0.2) is 21.7 Å². The van der Waals surface area contributed by atoms with Crippen molar-refractivity contribution in [3.8, 4) is 11.4 Å². The predicted molar refractivity (Wildman–Crippen MR) is 138 cm³/mol. The average molecular weight is 494 g/mol. The van der Waals surface area contributed by atoms with Crippen LogP contribution in [-0.2, 0) is 4.79 Å². The molecule has 4 aromatic rings. The van der Waals surface area contributed by atoms with E-state index in [-0.39, 0.29) is 17.8 Å². The van der Waals surface area contributed by atoms with Gasteiger partial charge >= 0.3 is 0 Å². The van der Waals surface area contributed by atoms with Gasteiger partial charge < -0.3 is 10.1 Å². The summed E-state index contributed by atoms with van der Waals surface area (Å²) in [6.07, 6.45) is 1.31. The quantitative estimate of drug-likeness (QED) is 0.321. The molecule has 1 heterocycles. The molecule has 0 aliphatic carbocycles. The number of fused-ring (bicyclic) bond motifs is 1. The van der Waals surface area contributed by atoms with Crippen molar-refractivity contribution in [3.63, 3.8) is 0 Å². The summed E-state index contributed by atoms with van der Waals surface area (Å²) in [6, 6.07) is 17.3. The number of nitrogens with one attached hydrogen (secondary N) is 1. The Labute approximate surface area is 209 Å². The second kappa shape index (κ2) is 9.70. The zero-order valence-electron chi connectivity index (χ0n) is 20.5. The number of carbonyl (C=O) groups excluding carboxylic acids is 1. The molecule has 0 aliphatic rings. The van der Waals surface area contributed by atoms with E-state index in [1.54, 1.807) is 23.0 Å². The monoisotopic (exact) mass is 493 g/mol. The molecule has 35 heavy (non-hydrogen) atoms. The maximum absolute atomic E-state index is 13.3. The number of benzene rings is 3. The smallest absolute Gasteiger partial charge is 0.225 e. The Bertz CT molecular complexity index is 1360. The van der Waals surface area contributed by atoms with Crippen molar-refractivity contribution >= 4 is 28.4 Å². The lowest BCUT2D eigenvalue weighted by atomic mass is 9.94. The van der Waals surface area contributed by atoms with Crippen LogP contribution in [0.4, 0.5) is 4.39 Å². The predicted octanol–water partition coefficient (Wildman–Crippen LogP) is 6.80. The van der Waals surface area contributed by atoms with Gasteiger partial charge in [0.15, 0.2) is 0 Å². The Morgan fingerprint density at radius 3 is 2.46 bits per heavy atom. The van der Waals surface area contributed by atoms with Crippen LogP contribution in [0.25, 0.3) is 16.6 Å². The van der Waals surface area contributed by atoms with Gasteiger partial charge in [-0.15, -0.1) is 0 Å². The van der Waals surface area contributed by atoms with Crippen LogP contribution >= 0.6 is 11.6 Å². The number of ether oxygens (including phenoxy) is 1. The van der Waals surface area contributed by atoms with Crippen molar-refractivity contribution in [3.05, 3.63) is 88.8 Å². The molecule has 7 heteroatoms. The Hall–Kier alpha value is -3.38. The van der Waals surface area contributed by atoms with E-state index in [2.05, 4.69) is 10.4 Å². The van der Waals surface area contributed by atoms with Crippen LogP contribution in [0.2, 0.25) is 5.02 Å². The Kier molecular flexibility index (Phi) is 6.86. The van der Waals surface area contributed by atoms with Crippen molar-refractivity contribution in [2.75, 3.05) is 0 Å². The SMILES string of the molecule is Cc1cc([C@@H](Oc2ccc3c(cnn3-c3ccc(F)cc3)c2)[C@H](C)NC(=O)C(C)(C)C)ccc1Cl. The number of amides is 1. The van der Waals surface area contributed by atoms with Crippen LogP contribution in [0.5, 0.6) is 5.75 Å². The fourth-order valence-corrected chi connectivity index (χ4v) is 3.94. The van der Waals surface area contributed by atoms with E-state index in [9.17, 15) is 9.18 Å². The highest BCUT2D eigenvalue weighted by atomic mass is 35.5. The Balaban J connectivity index is 1.66. The lowest BCUT2D eigenvalue weighted by molar-refractivity contribution is -0.129. The molecule has 0 saturated heterocycles. The molecule has 0 unspecified atom stereocenters. The Morgan fingerprint density at radius 2 is 1.80 bits per heavy atom. The van der Waals surface area contributed by atoms with E-state index in [0.717, 1.165) is 27.7 Å². The summed E-state index contributed by atoms with van der Waals surface area (Å²) in [5.74, 6) is 0.294. The summed E-state index contributed by atoms with van der Waals surface area (Å²) in [5.41, 5.74) is 2.96. The molecular weight excluding hydrogens is 465 g/mol. The van der Waals surface area contributed by atoms with E-state index in [1.807, 2.05) is 71.0 Å². The van der Waals surface area contributed by atoms with E-state index in [1.165, 1.54) is 12.1 Å². The van der Waals surface area contributed by atoms with Gasteiger partial charge in [-0.2, -0.15) is 5.10 Å². The number of aryl methyl sites for hydroxylation is 1. The summed E-state index contributed by atoms with van der Waals surface area (Å²) in [7, 11) is 0. The Morgan fingerprint density at radius 1 is 1.09 bits per heavy atom. The highest BCUT2D eigenvalue weighted by molar-refractivity contribution is 6.31. The molecule has 1 aromatic heterocycles. The van der Waals surface area contributed by atoms with Gasteiger partial charge in [-0.05, 0) is 73.5 Å². The molecule has 182 valence electrons. The molecule has 0 aliphatic heterocycles. The molecule has 0 radical (unpaired) electrons. The lowest BCUT2D eigenvalue weighted by Gasteiger charge is -2.29. The fourth-order valence-electron chi connectivity index (χ4n) is 3.82. The van der Waals surface area contributed by atoms with Crippen LogP contribution in [0.1, 0.15) is 44.9 Å². The summed E-state index contributed by atoms with van der Waals surface area (Å²) in [6.45, 7) is 9.51. The highest BCUT2D eigenvalue weighted by Gasteiger charge is 2.28. The van der Waals surface area contributed by atoms with Gasteiger partial charge in [0.05, 0.1) is 23.4 Å². The third-order valence-electron chi connectivity index (χ3n) is 5.88. The van der Waals surface area contributed by atoms with Crippen LogP contribution < -0.4 is 10.1 Å². The minimum atomic E-state index is -0.525. The number of rotatable bonds is 6. The fraction of sp³-hybridized carbons (Fsp3) is 0.286. The lowest BCUT2D eigenvalue weighted by Crippen LogP contribution is -2.44. The van der Waals surface area contributed by atoms with Gasteiger partial charge in [0, 0.05) is 15.8 Å². The molecule has 0 saturated carbocycles. The van der Waals surface area contributed by atoms with E-state index >= 15 is 0 Å². The molecular formula is C28H29ClFN3O2. The van der Waals surface area contributed by atoms with Gasteiger partial charge in [-0.25, -0.2) is 9.07 Å². The standard InChI is InChI=1S/C28H29ClFN3O2/c1-17-14-19(6-12-24(17)29)26(18(2)32-27(34)28(3,4)5)35-23-11-13-25-20(15-23)16-31-33(25)22-9-7-21(30)8-10-22/h6-16,18,26H,1-5H3,(H,32,34)/t18-,26-/m0/s1. The number of hydrogen-bond donors (Lipinski definition) is 1. The molecule has 0 fully saturated rings. The molecule has 1 amide bonds. The van der Waals surface area contributed by atoms with Crippen molar-refractivity contribution in [1.82, 2.24) is 15.1 Å². The van der Waals surface area contributed by atoms with Crippen molar-refractivity contribution in [2.45, 2.75) is 46.8 Å². The van der Waals surface area contributed by atoms with Gasteiger partial charge in [0.25, 0.3) is 0 Å². The topological polar surface area (TPSA) is 56.1 Å². The number of carbonyl (C=O) groups is 1. The van der Waals surface area contributed by atoms with E-state index in [4.69, 9.17) is 16.3 Å². The third-order valence-corrected chi connectivity index (χ3v) is 6.30. The summed E-state index contributed by atoms with van der Waals surface area (Å²) in [4.78, 5) is 12.7. The first-order chi connectivity index (χ1) is 16.5. The molecule has 4 rings (SSSR count). The van der Waals surface area contributed by atoms with E-state index in [0.29, 0.717) is 10.8 Å². The minimum absolute atomic E-state index is 0.0553. The zero-order valence-corrected chi connectivity index (χ0v) is 21.2. The first-order valence-corrected chi connectivity index (χ1v) is 11.9. The molecule has 1 N–H and O–H groups in total. The van der Waals surface area contributed by atoms with Gasteiger partial charge in [0.1, 0.15) is 17.7 Å². The first kappa shape index (κ1) is 24.7. The molecule has 0 spiro atoms. The summed E-state index contributed by atoms with van der Waals surface area (Å²) in [5, 5.41) is 9.11. The molecule has 2 atom stereocenters. The molecule has 0 bridgehead atoms. The second-order valence-corrected chi connectivity index (χ2v) is 10.2. The maximum Gasteiger partial charge on any atom is 0.225 e. The van der Waals surface area contributed by atoms with Gasteiger partial charge in [0.2, 0.25) is 5.91 Å².